The van der Waals surface area contributed by atoms with Crippen LogP contribution in [0.4, 0.5) is 0 Å². The van der Waals surface area contributed by atoms with E-state index in [9.17, 15) is 0 Å². The van der Waals surface area contributed by atoms with Gasteiger partial charge < -0.3 is 4.57 Å². The van der Waals surface area contributed by atoms with Crippen LogP contribution in [0.1, 0.15) is 43.5 Å². The van der Waals surface area contributed by atoms with Crippen molar-refractivity contribution < 1.29 is 0 Å². The van der Waals surface area contributed by atoms with E-state index < -0.39 is 0 Å². The van der Waals surface area contributed by atoms with Crippen LogP contribution in [0.15, 0.2) is 28.4 Å². The number of aromatic nitrogens is 4. The Morgan fingerprint density at radius 2 is 2.05 bits per heavy atom. The molecule has 2 aromatic heterocycles. The fourth-order valence-corrected chi connectivity index (χ4v) is 3.38. The van der Waals surface area contributed by atoms with Crippen LogP contribution in [0.25, 0.3) is 0 Å². The van der Waals surface area contributed by atoms with Crippen molar-refractivity contribution in [3.05, 3.63) is 29.3 Å². The Kier molecular flexibility index (Phi) is 2.77. The molecule has 2 heterocycles. The van der Waals surface area contributed by atoms with Crippen molar-refractivity contribution in [3.63, 3.8) is 0 Å². The van der Waals surface area contributed by atoms with E-state index in [1.54, 1.807) is 18.0 Å². The predicted octanol–water partition coefficient (Wildman–Crippen LogP) is 3.69. The smallest absolute Gasteiger partial charge is 0.196 e. The first-order chi connectivity index (χ1) is 9.31. The summed E-state index contributed by atoms with van der Waals surface area (Å²) in [6, 6.07) is 4.44. The molecule has 4 nitrogen and oxygen atoms in total. The van der Waals surface area contributed by atoms with Gasteiger partial charge in [-0.3, -0.25) is 0 Å². The predicted molar refractivity (Wildman–Crippen MR) is 73.6 cm³/mol. The van der Waals surface area contributed by atoms with E-state index in [2.05, 4.69) is 19.7 Å². The number of hydrogen-bond donors (Lipinski definition) is 0. The fourth-order valence-electron chi connectivity index (χ4n) is 2.21. The summed E-state index contributed by atoms with van der Waals surface area (Å²) in [4.78, 5) is 5.07. The first-order valence-corrected chi connectivity index (χ1v) is 7.75. The molecule has 0 spiro atoms. The lowest BCUT2D eigenvalue weighted by atomic mass is 10.4. The summed E-state index contributed by atoms with van der Waals surface area (Å²) in [5.74, 6) is 1.83. The number of halogens is 1. The van der Waals surface area contributed by atoms with Crippen LogP contribution in [-0.4, -0.2) is 19.7 Å². The van der Waals surface area contributed by atoms with Crippen LogP contribution in [-0.2, 0) is 0 Å². The summed E-state index contributed by atoms with van der Waals surface area (Å²) >= 11 is 7.55. The lowest BCUT2D eigenvalue weighted by molar-refractivity contribution is 0.627. The Balaban J connectivity index is 1.67. The molecule has 0 atom stereocenters. The molecule has 2 aromatic rings. The van der Waals surface area contributed by atoms with Crippen molar-refractivity contribution in [2.45, 2.75) is 47.7 Å². The minimum atomic E-state index is 0.518. The molecule has 2 saturated carbocycles. The van der Waals surface area contributed by atoms with Crippen LogP contribution >= 0.6 is 23.4 Å². The van der Waals surface area contributed by atoms with Gasteiger partial charge in [-0.1, -0.05) is 11.6 Å². The van der Waals surface area contributed by atoms with Crippen molar-refractivity contribution in [2.24, 2.45) is 0 Å². The molecule has 0 bridgehead atoms. The lowest BCUT2D eigenvalue weighted by Gasteiger charge is -2.07. The Morgan fingerprint density at radius 3 is 2.74 bits per heavy atom. The number of nitrogens with zero attached hydrogens (tertiary/aromatic N) is 4. The molecule has 0 saturated heterocycles. The molecule has 2 aliphatic carbocycles. The van der Waals surface area contributed by atoms with Gasteiger partial charge in [0.2, 0.25) is 0 Å². The molecule has 0 unspecified atom stereocenters. The minimum Gasteiger partial charge on any atom is -0.302 e. The molecule has 98 valence electrons. The largest absolute Gasteiger partial charge is 0.302 e. The van der Waals surface area contributed by atoms with Gasteiger partial charge in [-0.25, -0.2) is 4.98 Å². The van der Waals surface area contributed by atoms with Gasteiger partial charge in [0.15, 0.2) is 5.16 Å². The second-order valence-corrected chi connectivity index (χ2v) is 6.56. The van der Waals surface area contributed by atoms with E-state index in [-0.39, 0.29) is 0 Å². The van der Waals surface area contributed by atoms with Crippen molar-refractivity contribution >= 4 is 23.4 Å². The van der Waals surface area contributed by atoms with Gasteiger partial charge in [0.25, 0.3) is 0 Å². The van der Waals surface area contributed by atoms with Crippen molar-refractivity contribution in [2.75, 3.05) is 0 Å². The summed E-state index contributed by atoms with van der Waals surface area (Å²) in [6.45, 7) is 0. The van der Waals surface area contributed by atoms with E-state index in [1.165, 1.54) is 31.5 Å². The number of rotatable bonds is 4. The Labute approximate surface area is 120 Å². The quantitative estimate of drug-likeness (QED) is 0.806. The maximum Gasteiger partial charge on any atom is 0.196 e. The zero-order valence-electron chi connectivity index (χ0n) is 10.3. The van der Waals surface area contributed by atoms with Crippen molar-refractivity contribution in [3.8, 4) is 0 Å². The normalized spacial score (nSPS) is 18.8. The standard InChI is InChI=1S/C13H13ClN4S/c14-11-7-10(5-6-15-11)19-13-17-16-12(8-1-2-8)18(13)9-3-4-9/h5-9H,1-4H2. The molecule has 0 amide bonds. The molecule has 0 aromatic carbocycles. The van der Waals surface area contributed by atoms with Gasteiger partial charge in [0.1, 0.15) is 11.0 Å². The van der Waals surface area contributed by atoms with Crippen molar-refractivity contribution in [1.29, 1.82) is 0 Å². The van der Waals surface area contributed by atoms with E-state index in [1.807, 2.05) is 12.1 Å². The summed E-state index contributed by atoms with van der Waals surface area (Å²) in [7, 11) is 0. The van der Waals surface area contributed by atoms with E-state index in [4.69, 9.17) is 11.6 Å². The summed E-state index contributed by atoms with van der Waals surface area (Å²) in [5, 5.41) is 10.3. The Morgan fingerprint density at radius 1 is 1.21 bits per heavy atom. The SMILES string of the molecule is Clc1cc(Sc2nnc(C3CC3)n2C2CC2)ccn1. The average molecular weight is 293 g/mol. The van der Waals surface area contributed by atoms with Crippen LogP contribution in [0.2, 0.25) is 5.15 Å². The van der Waals surface area contributed by atoms with Crippen molar-refractivity contribution in [1.82, 2.24) is 19.7 Å². The molecule has 0 aliphatic heterocycles. The molecule has 2 fully saturated rings. The van der Waals surface area contributed by atoms with Crippen LogP contribution in [0.3, 0.4) is 0 Å². The van der Waals surface area contributed by atoms with Crippen LogP contribution in [0.5, 0.6) is 0 Å². The zero-order valence-corrected chi connectivity index (χ0v) is 11.9. The first kappa shape index (κ1) is 11.7. The highest BCUT2D eigenvalue weighted by atomic mass is 35.5. The Bertz CT molecular complexity index is 619. The molecule has 6 heteroatoms. The fraction of sp³-hybridized carbons (Fsp3) is 0.462. The molecular formula is C13H13ClN4S. The monoisotopic (exact) mass is 292 g/mol. The van der Waals surface area contributed by atoms with E-state index in [0.717, 1.165) is 10.1 Å². The summed E-state index contributed by atoms with van der Waals surface area (Å²) < 4.78 is 2.34. The maximum absolute atomic E-state index is 5.92. The molecule has 4 rings (SSSR count). The highest BCUT2D eigenvalue weighted by Gasteiger charge is 2.36. The van der Waals surface area contributed by atoms with Crippen LogP contribution < -0.4 is 0 Å². The van der Waals surface area contributed by atoms with Gasteiger partial charge in [-0.05, 0) is 49.6 Å². The third-order valence-electron chi connectivity index (χ3n) is 3.45. The van der Waals surface area contributed by atoms with Gasteiger partial charge in [0.05, 0.1) is 0 Å². The van der Waals surface area contributed by atoms with Gasteiger partial charge >= 0.3 is 0 Å². The van der Waals surface area contributed by atoms with Crippen LogP contribution in [0, 0.1) is 0 Å². The van der Waals surface area contributed by atoms with Gasteiger partial charge in [0, 0.05) is 23.1 Å². The molecule has 0 radical (unpaired) electrons. The second kappa shape index (κ2) is 4.49. The highest BCUT2D eigenvalue weighted by molar-refractivity contribution is 7.99. The summed E-state index contributed by atoms with van der Waals surface area (Å²) in [5.41, 5.74) is 0. The maximum atomic E-state index is 5.92. The average Bonchev–Trinajstić information content (AvgIpc) is 3.30. The molecule has 19 heavy (non-hydrogen) atoms. The van der Waals surface area contributed by atoms with Gasteiger partial charge in [-0.2, -0.15) is 0 Å². The molecule has 2 aliphatic rings. The summed E-state index contributed by atoms with van der Waals surface area (Å²) in [6.07, 6.45) is 6.75. The third kappa shape index (κ3) is 2.37. The van der Waals surface area contributed by atoms with E-state index in [0.29, 0.717) is 17.1 Å². The molecule has 0 N–H and O–H groups in total. The van der Waals surface area contributed by atoms with Gasteiger partial charge in [-0.15, -0.1) is 10.2 Å². The first-order valence-electron chi connectivity index (χ1n) is 6.55. The lowest BCUT2D eigenvalue weighted by Crippen LogP contribution is -2.01. The zero-order chi connectivity index (χ0) is 12.8. The second-order valence-electron chi connectivity index (χ2n) is 5.13. The van der Waals surface area contributed by atoms with E-state index >= 15 is 0 Å². The minimum absolute atomic E-state index is 0.518. The number of pyridine rings is 1. The third-order valence-corrected chi connectivity index (χ3v) is 4.61. The highest BCUT2D eigenvalue weighted by Crippen LogP contribution is 2.46. The number of hydrogen-bond acceptors (Lipinski definition) is 4. The molecular weight excluding hydrogens is 280 g/mol. The Hall–Kier alpha value is -1.07. The topological polar surface area (TPSA) is 43.6 Å².